The van der Waals surface area contributed by atoms with Crippen molar-refractivity contribution in [1.29, 1.82) is 0 Å². The van der Waals surface area contributed by atoms with Crippen molar-refractivity contribution >= 4 is 11.8 Å². The monoisotopic (exact) mass is 398 g/mol. The number of carbonyl (C=O) groups excluding carboxylic acids is 2. The minimum Gasteiger partial charge on any atom is -0.491 e. The third-order valence-electron chi connectivity index (χ3n) is 4.34. The average molecular weight is 398 g/mol. The van der Waals surface area contributed by atoms with Crippen LogP contribution in [0.25, 0.3) is 0 Å². The lowest BCUT2D eigenvalue weighted by Gasteiger charge is -2.21. The van der Waals surface area contributed by atoms with Crippen LogP contribution in [0.15, 0.2) is 42.5 Å². The number of fused-ring (bicyclic) bond motifs is 1. The molecule has 2 N–H and O–H groups in total. The van der Waals surface area contributed by atoms with Gasteiger partial charge in [-0.25, -0.2) is 0 Å². The number of benzene rings is 2. The maximum atomic E-state index is 12.2. The molecule has 2 aromatic carbocycles. The summed E-state index contributed by atoms with van der Waals surface area (Å²) in [4.78, 5) is 24.5. The van der Waals surface area contributed by atoms with E-state index in [1.54, 1.807) is 24.3 Å². The molecule has 0 aromatic heterocycles. The maximum Gasteiger partial charge on any atom is 0.251 e. The van der Waals surface area contributed by atoms with Gasteiger partial charge in [0.1, 0.15) is 19.0 Å². The van der Waals surface area contributed by atoms with E-state index in [-0.39, 0.29) is 30.5 Å². The summed E-state index contributed by atoms with van der Waals surface area (Å²) in [5, 5.41) is 5.50. The van der Waals surface area contributed by atoms with E-state index in [0.29, 0.717) is 36.0 Å². The van der Waals surface area contributed by atoms with E-state index in [4.69, 9.17) is 14.2 Å². The van der Waals surface area contributed by atoms with Crippen molar-refractivity contribution in [3.8, 4) is 17.2 Å². The van der Waals surface area contributed by atoms with Crippen LogP contribution in [0.4, 0.5) is 0 Å². The largest absolute Gasteiger partial charge is 0.491 e. The molecule has 2 amide bonds. The molecule has 0 fully saturated rings. The van der Waals surface area contributed by atoms with Crippen molar-refractivity contribution in [2.75, 3.05) is 19.8 Å². The Bertz CT molecular complexity index is 864. The van der Waals surface area contributed by atoms with E-state index >= 15 is 0 Å². The van der Waals surface area contributed by atoms with Crippen molar-refractivity contribution in [3.63, 3.8) is 0 Å². The van der Waals surface area contributed by atoms with Crippen LogP contribution in [0.5, 0.6) is 17.2 Å². The van der Waals surface area contributed by atoms with Gasteiger partial charge < -0.3 is 24.8 Å². The number of nitrogens with one attached hydrogen (secondary N) is 2. The summed E-state index contributed by atoms with van der Waals surface area (Å²) in [6.07, 6.45) is 0.0644. The number of carbonyl (C=O) groups is 2. The van der Waals surface area contributed by atoms with Gasteiger partial charge in [-0.05, 0) is 62.7 Å². The first kappa shape index (κ1) is 20.5. The fraction of sp³-hybridized carbons (Fsp3) is 0.364. The van der Waals surface area contributed by atoms with Crippen molar-refractivity contribution in [3.05, 3.63) is 53.6 Å². The summed E-state index contributed by atoms with van der Waals surface area (Å²) in [5.74, 6) is 1.48. The second-order valence-electron chi connectivity index (χ2n) is 7.07. The topological polar surface area (TPSA) is 85.9 Å². The second-order valence-corrected chi connectivity index (χ2v) is 7.07. The Kier molecular flexibility index (Phi) is 6.59. The molecule has 0 saturated heterocycles. The highest BCUT2D eigenvalue weighted by atomic mass is 16.6. The summed E-state index contributed by atoms with van der Waals surface area (Å²) in [5.41, 5.74) is 1.36. The first-order chi connectivity index (χ1) is 13.9. The van der Waals surface area contributed by atoms with E-state index in [0.717, 1.165) is 5.56 Å². The molecule has 1 heterocycles. The summed E-state index contributed by atoms with van der Waals surface area (Å²) in [7, 11) is 0. The summed E-state index contributed by atoms with van der Waals surface area (Å²) in [6, 6.07) is 12.2. The van der Waals surface area contributed by atoms with Gasteiger partial charge in [-0.2, -0.15) is 0 Å². The molecular weight excluding hydrogens is 372 g/mol. The van der Waals surface area contributed by atoms with Crippen LogP contribution in [0, 0.1) is 0 Å². The van der Waals surface area contributed by atoms with Crippen molar-refractivity contribution in [2.45, 2.75) is 32.9 Å². The van der Waals surface area contributed by atoms with Gasteiger partial charge in [-0.3, -0.25) is 9.59 Å². The van der Waals surface area contributed by atoms with Crippen LogP contribution in [-0.4, -0.2) is 37.7 Å². The maximum absolute atomic E-state index is 12.2. The third-order valence-corrected chi connectivity index (χ3v) is 4.34. The Morgan fingerprint density at radius 2 is 1.69 bits per heavy atom. The quantitative estimate of drug-likeness (QED) is 0.749. The molecule has 2 aromatic rings. The number of ether oxygens (including phenoxy) is 3. The molecule has 154 valence electrons. The van der Waals surface area contributed by atoms with Crippen LogP contribution in [-0.2, 0) is 4.79 Å². The van der Waals surface area contributed by atoms with Crippen molar-refractivity contribution in [2.24, 2.45) is 0 Å². The molecule has 1 aliphatic rings. The molecule has 0 unspecified atom stereocenters. The SMILES string of the molecule is CC(C)Oc1ccc(C(=O)NCC(=O)N[C@H](C)c2ccc3c(c2)OCCO3)cc1. The van der Waals surface area contributed by atoms with E-state index in [1.165, 1.54) is 0 Å². The first-order valence-electron chi connectivity index (χ1n) is 9.66. The molecule has 29 heavy (non-hydrogen) atoms. The highest BCUT2D eigenvalue weighted by Crippen LogP contribution is 2.32. The predicted octanol–water partition coefficient (Wildman–Crippen LogP) is 2.85. The Morgan fingerprint density at radius 1 is 1.00 bits per heavy atom. The molecule has 1 atom stereocenters. The molecule has 0 bridgehead atoms. The normalized spacial score (nSPS) is 13.5. The minimum absolute atomic E-state index is 0.0644. The summed E-state index contributed by atoms with van der Waals surface area (Å²) < 4.78 is 16.6. The van der Waals surface area contributed by atoms with Crippen molar-refractivity contribution in [1.82, 2.24) is 10.6 Å². The smallest absolute Gasteiger partial charge is 0.251 e. The molecule has 7 nitrogen and oxygen atoms in total. The Morgan fingerprint density at radius 3 is 2.38 bits per heavy atom. The van der Waals surface area contributed by atoms with Gasteiger partial charge in [-0.15, -0.1) is 0 Å². The number of hydrogen-bond donors (Lipinski definition) is 2. The number of amides is 2. The van der Waals surface area contributed by atoms with Gasteiger partial charge >= 0.3 is 0 Å². The third kappa shape index (κ3) is 5.63. The lowest BCUT2D eigenvalue weighted by molar-refractivity contribution is -0.120. The van der Waals surface area contributed by atoms with Gasteiger partial charge in [0.25, 0.3) is 5.91 Å². The Hall–Kier alpha value is -3.22. The van der Waals surface area contributed by atoms with Crippen LogP contribution in [0.1, 0.15) is 42.7 Å². The van der Waals surface area contributed by atoms with E-state index in [2.05, 4.69) is 10.6 Å². The zero-order valence-electron chi connectivity index (χ0n) is 16.9. The molecule has 3 rings (SSSR count). The fourth-order valence-electron chi connectivity index (χ4n) is 2.92. The van der Waals surface area contributed by atoms with Crippen LogP contribution < -0.4 is 24.8 Å². The molecular formula is C22H26N2O5. The van der Waals surface area contributed by atoms with Gasteiger partial charge in [0.15, 0.2) is 11.5 Å². The van der Waals surface area contributed by atoms with Gasteiger partial charge in [0.2, 0.25) is 5.91 Å². The molecule has 1 aliphatic heterocycles. The van der Waals surface area contributed by atoms with E-state index < -0.39 is 0 Å². The highest BCUT2D eigenvalue weighted by molar-refractivity contribution is 5.96. The minimum atomic E-state index is -0.316. The first-order valence-corrected chi connectivity index (χ1v) is 9.66. The van der Waals surface area contributed by atoms with Crippen molar-refractivity contribution < 1.29 is 23.8 Å². The zero-order valence-corrected chi connectivity index (χ0v) is 16.9. The Balaban J connectivity index is 1.49. The average Bonchev–Trinajstić information content (AvgIpc) is 2.71. The zero-order chi connectivity index (χ0) is 20.8. The van der Waals surface area contributed by atoms with E-state index in [1.807, 2.05) is 39.0 Å². The van der Waals surface area contributed by atoms with Crippen LogP contribution >= 0.6 is 0 Å². The number of rotatable bonds is 7. The second kappa shape index (κ2) is 9.32. The van der Waals surface area contributed by atoms with E-state index in [9.17, 15) is 9.59 Å². The van der Waals surface area contributed by atoms with Gasteiger partial charge in [0.05, 0.1) is 18.7 Å². The highest BCUT2D eigenvalue weighted by Gasteiger charge is 2.16. The lowest BCUT2D eigenvalue weighted by atomic mass is 10.1. The molecule has 0 aliphatic carbocycles. The molecule has 0 saturated carbocycles. The summed E-state index contributed by atoms with van der Waals surface area (Å²) >= 11 is 0. The van der Waals surface area contributed by atoms with Crippen LogP contribution in [0.2, 0.25) is 0 Å². The van der Waals surface area contributed by atoms with Gasteiger partial charge in [0, 0.05) is 5.56 Å². The van der Waals surface area contributed by atoms with Gasteiger partial charge in [-0.1, -0.05) is 6.07 Å². The summed E-state index contributed by atoms with van der Waals surface area (Å²) in [6.45, 7) is 6.67. The molecule has 0 radical (unpaired) electrons. The predicted molar refractivity (Wildman–Crippen MR) is 109 cm³/mol. The molecule has 0 spiro atoms. The fourth-order valence-corrected chi connectivity index (χ4v) is 2.92. The van der Waals surface area contributed by atoms with Crippen LogP contribution in [0.3, 0.4) is 0 Å². The molecule has 7 heteroatoms. The standard InChI is InChI=1S/C22H26N2O5/c1-14(2)29-18-7-4-16(5-8-18)22(26)23-13-21(25)24-15(3)17-6-9-19-20(12-17)28-11-10-27-19/h4-9,12,14-15H,10-11,13H2,1-3H3,(H,23,26)(H,24,25)/t15-/m1/s1. The lowest BCUT2D eigenvalue weighted by Crippen LogP contribution is -2.38. The number of hydrogen-bond acceptors (Lipinski definition) is 5. The Labute approximate surface area is 170 Å².